The van der Waals surface area contributed by atoms with Crippen LogP contribution in [0.3, 0.4) is 0 Å². The smallest absolute Gasteiger partial charge is 0.101 e. The lowest BCUT2D eigenvalue weighted by molar-refractivity contribution is 1.25. The van der Waals surface area contributed by atoms with Crippen molar-refractivity contribution in [2.24, 2.45) is 0 Å². The Kier molecular flexibility index (Phi) is 2.03. The SMILES string of the molecule is C=C(C)c1ccc(C#N)cn1. The maximum absolute atomic E-state index is 8.45. The van der Waals surface area contributed by atoms with Gasteiger partial charge in [0.25, 0.3) is 0 Å². The predicted molar refractivity (Wildman–Crippen MR) is 43.7 cm³/mol. The van der Waals surface area contributed by atoms with Crippen LogP contribution in [0, 0.1) is 11.3 Å². The van der Waals surface area contributed by atoms with Gasteiger partial charge in [-0.3, -0.25) is 4.98 Å². The lowest BCUT2D eigenvalue weighted by Gasteiger charge is -1.95. The van der Waals surface area contributed by atoms with Crippen molar-refractivity contribution in [2.75, 3.05) is 0 Å². The monoisotopic (exact) mass is 144 g/mol. The van der Waals surface area contributed by atoms with Crippen molar-refractivity contribution in [1.29, 1.82) is 5.26 Å². The van der Waals surface area contributed by atoms with E-state index in [2.05, 4.69) is 11.6 Å². The van der Waals surface area contributed by atoms with E-state index < -0.39 is 0 Å². The Balaban J connectivity index is 3.03. The fourth-order valence-corrected chi connectivity index (χ4v) is 0.712. The molecule has 1 aromatic rings. The molecule has 0 aliphatic carbocycles. The van der Waals surface area contributed by atoms with Gasteiger partial charge in [-0.25, -0.2) is 0 Å². The molecule has 0 aliphatic heterocycles. The minimum Gasteiger partial charge on any atom is -0.255 e. The molecule has 0 saturated heterocycles. The maximum atomic E-state index is 8.45. The fourth-order valence-electron chi connectivity index (χ4n) is 0.712. The first kappa shape index (κ1) is 7.49. The van der Waals surface area contributed by atoms with Gasteiger partial charge in [0.1, 0.15) is 6.07 Å². The van der Waals surface area contributed by atoms with E-state index in [9.17, 15) is 0 Å². The van der Waals surface area contributed by atoms with Crippen molar-refractivity contribution in [3.63, 3.8) is 0 Å². The lowest BCUT2D eigenvalue weighted by Crippen LogP contribution is -1.84. The average Bonchev–Trinajstić information content (AvgIpc) is 2.05. The molecule has 54 valence electrons. The molecule has 0 unspecified atom stereocenters. The highest BCUT2D eigenvalue weighted by Crippen LogP contribution is 2.07. The number of hydrogen-bond acceptors (Lipinski definition) is 2. The summed E-state index contributed by atoms with van der Waals surface area (Å²) in [6.07, 6.45) is 1.55. The number of pyridine rings is 1. The van der Waals surface area contributed by atoms with E-state index in [0.29, 0.717) is 5.56 Å². The average molecular weight is 144 g/mol. The zero-order chi connectivity index (χ0) is 8.27. The summed E-state index contributed by atoms with van der Waals surface area (Å²) in [7, 11) is 0. The zero-order valence-electron chi connectivity index (χ0n) is 6.33. The van der Waals surface area contributed by atoms with Crippen molar-refractivity contribution in [1.82, 2.24) is 4.98 Å². The molecule has 2 heteroatoms. The van der Waals surface area contributed by atoms with Crippen LogP contribution in [-0.2, 0) is 0 Å². The largest absolute Gasteiger partial charge is 0.255 e. The second kappa shape index (κ2) is 2.98. The molecule has 1 heterocycles. The van der Waals surface area contributed by atoms with Crippen LogP contribution >= 0.6 is 0 Å². The molecule has 0 radical (unpaired) electrons. The molecule has 0 N–H and O–H groups in total. The Morgan fingerprint density at radius 2 is 2.36 bits per heavy atom. The van der Waals surface area contributed by atoms with Gasteiger partial charge in [0.15, 0.2) is 0 Å². The van der Waals surface area contributed by atoms with Crippen LogP contribution in [0.1, 0.15) is 18.2 Å². The summed E-state index contributed by atoms with van der Waals surface area (Å²) in [4.78, 5) is 4.03. The molecule has 1 rings (SSSR count). The Morgan fingerprint density at radius 1 is 1.64 bits per heavy atom. The fraction of sp³-hybridized carbons (Fsp3) is 0.111. The number of rotatable bonds is 1. The topological polar surface area (TPSA) is 36.7 Å². The van der Waals surface area contributed by atoms with Crippen molar-refractivity contribution in [3.05, 3.63) is 36.2 Å². The van der Waals surface area contributed by atoms with Crippen LogP contribution in [0.4, 0.5) is 0 Å². The first-order valence-corrected chi connectivity index (χ1v) is 3.26. The van der Waals surface area contributed by atoms with Crippen molar-refractivity contribution in [2.45, 2.75) is 6.92 Å². The van der Waals surface area contributed by atoms with E-state index in [0.717, 1.165) is 11.3 Å². The third kappa shape index (κ3) is 1.65. The van der Waals surface area contributed by atoms with E-state index in [1.165, 1.54) is 0 Å². The summed E-state index contributed by atoms with van der Waals surface area (Å²) in [5.41, 5.74) is 2.33. The number of nitrogens with zero attached hydrogens (tertiary/aromatic N) is 2. The third-order valence-corrected chi connectivity index (χ3v) is 1.33. The molecule has 11 heavy (non-hydrogen) atoms. The van der Waals surface area contributed by atoms with E-state index in [4.69, 9.17) is 5.26 Å². The molecule has 0 amide bonds. The summed E-state index contributed by atoms with van der Waals surface area (Å²) in [6.45, 7) is 5.62. The zero-order valence-corrected chi connectivity index (χ0v) is 6.33. The molecule has 1 aromatic heterocycles. The Labute approximate surface area is 65.8 Å². The number of nitriles is 1. The van der Waals surface area contributed by atoms with Crippen molar-refractivity contribution in [3.8, 4) is 6.07 Å². The van der Waals surface area contributed by atoms with Gasteiger partial charge in [-0.2, -0.15) is 5.26 Å². The first-order chi connectivity index (χ1) is 5.24. The summed E-state index contributed by atoms with van der Waals surface area (Å²) >= 11 is 0. The highest BCUT2D eigenvalue weighted by molar-refractivity contribution is 5.57. The number of hydrogen-bond donors (Lipinski definition) is 0. The second-order valence-electron chi connectivity index (χ2n) is 2.32. The predicted octanol–water partition coefficient (Wildman–Crippen LogP) is 1.99. The van der Waals surface area contributed by atoms with Crippen LogP contribution in [0.25, 0.3) is 5.57 Å². The van der Waals surface area contributed by atoms with Gasteiger partial charge in [0, 0.05) is 6.20 Å². The number of allylic oxidation sites excluding steroid dienone is 1. The van der Waals surface area contributed by atoms with E-state index in [1.807, 2.05) is 13.0 Å². The van der Waals surface area contributed by atoms with Gasteiger partial charge in [0.2, 0.25) is 0 Å². The quantitative estimate of drug-likeness (QED) is 0.604. The van der Waals surface area contributed by atoms with Gasteiger partial charge in [-0.05, 0) is 24.6 Å². The van der Waals surface area contributed by atoms with Crippen LogP contribution in [0.2, 0.25) is 0 Å². The molecule has 0 spiro atoms. The number of aromatic nitrogens is 1. The molecule has 0 fully saturated rings. The Morgan fingerprint density at radius 3 is 2.73 bits per heavy atom. The third-order valence-electron chi connectivity index (χ3n) is 1.33. The summed E-state index contributed by atoms with van der Waals surface area (Å²) in [5.74, 6) is 0. The highest BCUT2D eigenvalue weighted by atomic mass is 14.7. The summed E-state index contributed by atoms with van der Waals surface area (Å²) in [6, 6.07) is 5.53. The van der Waals surface area contributed by atoms with Crippen LogP contribution in [0.15, 0.2) is 24.9 Å². The standard InChI is InChI=1S/C9H8N2/c1-7(2)9-4-3-8(5-10)6-11-9/h3-4,6H,1H2,2H3. The van der Waals surface area contributed by atoms with E-state index in [1.54, 1.807) is 18.3 Å². The van der Waals surface area contributed by atoms with Crippen LogP contribution in [-0.4, -0.2) is 4.98 Å². The Hall–Kier alpha value is -1.62. The van der Waals surface area contributed by atoms with E-state index in [-0.39, 0.29) is 0 Å². The molecule has 0 atom stereocenters. The summed E-state index contributed by atoms with van der Waals surface area (Å²) < 4.78 is 0. The molecule has 0 bridgehead atoms. The molecule has 2 nitrogen and oxygen atoms in total. The van der Waals surface area contributed by atoms with Gasteiger partial charge < -0.3 is 0 Å². The second-order valence-corrected chi connectivity index (χ2v) is 2.32. The van der Waals surface area contributed by atoms with Gasteiger partial charge in [-0.1, -0.05) is 6.58 Å². The van der Waals surface area contributed by atoms with Gasteiger partial charge >= 0.3 is 0 Å². The molecule has 0 aliphatic rings. The Bertz CT molecular complexity index is 303. The molecule has 0 saturated carbocycles. The minimum absolute atomic E-state index is 0.579. The van der Waals surface area contributed by atoms with Crippen LogP contribution < -0.4 is 0 Å². The van der Waals surface area contributed by atoms with E-state index >= 15 is 0 Å². The lowest BCUT2D eigenvalue weighted by atomic mass is 10.2. The summed E-state index contributed by atoms with van der Waals surface area (Å²) in [5, 5.41) is 8.45. The molecular weight excluding hydrogens is 136 g/mol. The van der Waals surface area contributed by atoms with Gasteiger partial charge in [0.05, 0.1) is 11.3 Å². The minimum atomic E-state index is 0.579. The molecule has 0 aromatic carbocycles. The highest BCUT2D eigenvalue weighted by Gasteiger charge is 1.93. The molecular formula is C9H8N2. The first-order valence-electron chi connectivity index (χ1n) is 3.26. The van der Waals surface area contributed by atoms with Gasteiger partial charge in [-0.15, -0.1) is 0 Å². The van der Waals surface area contributed by atoms with Crippen molar-refractivity contribution >= 4 is 5.57 Å². The van der Waals surface area contributed by atoms with Crippen molar-refractivity contribution < 1.29 is 0 Å². The van der Waals surface area contributed by atoms with Crippen LogP contribution in [0.5, 0.6) is 0 Å². The maximum Gasteiger partial charge on any atom is 0.101 e. The normalized spacial score (nSPS) is 8.73.